The molecule has 0 aliphatic rings. The summed E-state index contributed by atoms with van der Waals surface area (Å²) in [5.41, 5.74) is 0.487. The number of benzene rings is 1. The topological polar surface area (TPSA) is 60.7 Å². The third kappa shape index (κ3) is 2.98. The third-order valence-corrected chi connectivity index (χ3v) is 2.75. The van der Waals surface area contributed by atoms with Gasteiger partial charge in [0.1, 0.15) is 11.9 Å². The number of alkyl halides is 1. The number of aliphatic hydroxyl groups is 3. The van der Waals surface area contributed by atoms with Gasteiger partial charge in [-0.15, -0.1) is 0 Å². The van der Waals surface area contributed by atoms with Crippen molar-refractivity contribution in [2.24, 2.45) is 0 Å². The molecule has 2 atom stereocenters. The van der Waals surface area contributed by atoms with E-state index < -0.39 is 18.0 Å². The molecule has 0 saturated carbocycles. The molecule has 0 heterocycles. The number of halogens is 2. The van der Waals surface area contributed by atoms with E-state index >= 15 is 0 Å². The van der Waals surface area contributed by atoms with Gasteiger partial charge in [0.15, 0.2) is 0 Å². The molecule has 0 spiro atoms. The molecule has 3 N–H and O–H groups in total. The molecule has 0 radical (unpaired) electrons. The maximum absolute atomic E-state index is 13.3. The molecule has 1 aromatic rings. The summed E-state index contributed by atoms with van der Waals surface area (Å²) in [5.74, 6) is -0.597. The van der Waals surface area contributed by atoms with Crippen LogP contribution in [-0.4, -0.2) is 26.8 Å². The van der Waals surface area contributed by atoms with E-state index in [2.05, 4.69) is 15.9 Å². The Balaban J connectivity index is 3.01. The van der Waals surface area contributed by atoms with E-state index in [1.54, 1.807) is 0 Å². The van der Waals surface area contributed by atoms with Crippen LogP contribution in [0.5, 0.6) is 0 Å². The first-order chi connectivity index (χ1) is 7.10. The van der Waals surface area contributed by atoms with Gasteiger partial charge in [-0.3, -0.25) is 0 Å². The number of aliphatic hydroxyl groups excluding tert-OH is 3. The van der Waals surface area contributed by atoms with Crippen molar-refractivity contribution in [2.75, 3.05) is 5.33 Å². The molecular weight excluding hydrogens is 267 g/mol. The van der Waals surface area contributed by atoms with Gasteiger partial charge in [-0.25, -0.2) is 4.39 Å². The smallest absolute Gasteiger partial charge is 0.129 e. The summed E-state index contributed by atoms with van der Waals surface area (Å²) in [6.07, 6.45) is -2.37. The van der Waals surface area contributed by atoms with Gasteiger partial charge in [0.25, 0.3) is 0 Å². The molecular formula is C10H12BrFO3. The molecule has 1 aromatic carbocycles. The van der Waals surface area contributed by atoms with E-state index in [1.165, 1.54) is 12.1 Å². The number of hydrogen-bond donors (Lipinski definition) is 3. The van der Waals surface area contributed by atoms with Crippen molar-refractivity contribution in [1.29, 1.82) is 0 Å². The summed E-state index contributed by atoms with van der Waals surface area (Å²) < 4.78 is 13.3. The van der Waals surface area contributed by atoms with Crippen LogP contribution >= 0.6 is 15.9 Å². The zero-order valence-corrected chi connectivity index (χ0v) is 9.48. The summed E-state index contributed by atoms with van der Waals surface area (Å²) >= 11 is 2.99. The molecule has 0 aliphatic carbocycles. The molecule has 15 heavy (non-hydrogen) atoms. The van der Waals surface area contributed by atoms with Crippen molar-refractivity contribution in [3.05, 3.63) is 35.1 Å². The summed E-state index contributed by atoms with van der Waals surface area (Å²) in [7, 11) is 0. The van der Waals surface area contributed by atoms with Crippen LogP contribution in [0.2, 0.25) is 0 Å². The van der Waals surface area contributed by atoms with Gasteiger partial charge in [-0.05, 0) is 17.7 Å². The second-order valence-electron chi connectivity index (χ2n) is 3.18. The Labute approximate surface area is 95.3 Å². The Morgan fingerprint density at radius 1 is 1.33 bits per heavy atom. The highest BCUT2D eigenvalue weighted by Gasteiger charge is 2.20. The van der Waals surface area contributed by atoms with Crippen LogP contribution in [0.15, 0.2) is 18.2 Å². The van der Waals surface area contributed by atoms with Crippen molar-refractivity contribution in [2.45, 2.75) is 18.8 Å². The van der Waals surface area contributed by atoms with Crippen molar-refractivity contribution in [3.63, 3.8) is 0 Å². The molecule has 84 valence electrons. The fraction of sp³-hybridized carbons (Fsp3) is 0.400. The van der Waals surface area contributed by atoms with Crippen molar-refractivity contribution >= 4 is 15.9 Å². The minimum Gasteiger partial charge on any atom is -0.392 e. The number of rotatable bonds is 4. The quantitative estimate of drug-likeness (QED) is 0.723. The summed E-state index contributed by atoms with van der Waals surface area (Å²) in [5, 5.41) is 27.9. The maximum atomic E-state index is 13.3. The minimum atomic E-state index is -1.30. The lowest BCUT2D eigenvalue weighted by Gasteiger charge is -2.17. The van der Waals surface area contributed by atoms with Gasteiger partial charge in [0.05, 0.1) is 12.7 Å². The van der Waals surface area contributed by atoms with Crippen LogP contribution < -0.4 is 0 Å². The molecule has 0 aliphatic heterocycles. The predicted molar refractivity (Wildman–Crippen MR) is 57.1 cm³/mol. The maximum Gasteiger partial charge on any atom is 0.129 e. The molecule has 0 bridgehead atoms. The Morgan fingerprint density at radius 2 is 2.00 bits per heavy atom. The highest BCUT2D eigenvalue weighted by molar-refractivity contribution is 9.09. The summed E-state index contributed by atoms with van der Waals surface area (Å²) in [6, 6.07) is 3.92. The standard InChI is InChI=1S/C10H12BrFO3/c11-4-9(14)10(15)7-3-6(5-13)1-2-8(7)12/h1-3,9-10,13-15H,4-5H2. The monoisotopic (exact) mass is 278 g/mol. The van der Waals surface area contributed by atoms with E-state index in [1.807, 2.05) is 0 Å². The Hall–Kier alpha value is -0.490. The second-order valence-corrected chi connectivity index (χ2v) is 3.83. The first-order valence-electron chi connectivity index (χ1n) is 4.41. The van der Waals surface area contributed by atoms with Crippen LogP contribution in [-0.2, 0) is 6.61 Å². The average Bonchev–Trinajstić information content (AvgIpc) is 2.27. The van der Waals surface area contributed by atoms with Gasteiger partial charge in [0, 0.05) is 10.9 Å². The lowest BCUT2D eigenvalue weighted by atomic mass is 10.0. The Bertz CT molecular complexity index is 332. The van der Waals surface area contributed by atoms with Crippen LogP contribution in [0.25, 0.3) is 0 Å². The van der Waals surface area contributed by atoms with Gasteiger partial charge < -0.3 is 15.3 Å². The van der Waals surface area contributed by atoms with E-state index in [-0.39, 0.29) is 17.5 Å². The van der Waals surface area contributed by atoms with E-state index in [9.17, 15) is 14.6 Å². The van der Waals surface area contributed by atoms with Crippen LogP contribution in [0, 0.1) is 5.82 Å². The molecule has 0 aromatic heterocycles. The highest BCUT2D eigenvalue weighted by Crippen LogP contribution is 2.22. The zero-order chi connectivity index (χ0) is 11.4. The number of hydrogen-bond acceptors (Lipinski definition) is 3. The van der Waals surface area contributed by atoms with Crippen molar-refractivity contribution in [3.8, 4) is 0 Å². The predicted octanol–water partition coefficient (Wildman–Crippen LogP) is 1.11. The fourth-order valence-electron chi connectivity index (χ4n) is 1.21. The normalized spacial score (nSPS) is 15.0. The van der Waals surface area contributed by atoms with Gasteiger partial charge in [0.2, 0.25) is 0 Å². The molecule has 0 fully saturated rings. The third-order valence-electron chi connectivity index (χ3n) is 2.08. The van der Waals surface area contributed by atoms with Crippen LogP contribution in [0.3, 0.4) is 0 Å². The van der Waals surface area contributed by atoms with Crippen molar-refractivity contribution < 1.29 is 19.7 Å². The second kappa shape index (κ2) is 5.55. The molecule has 2 unspecified atom stereocenters. The van der Waals surface area contributed by atoms with Gasteiger partial charge in [-0.2, -0.15) is 0 Å². The summed E-state index contributed by atoms with van der Waals surface area (Å²) in [6.45, 7) is -0.232. The SMILES string of the molecule is OCc1ccc(F)c(C(O)C(O)CBr)c1. The van der Waals surface area contributed by atoms with Crippen LogP contribution in [0.1, 0.15) is 17.2 Å². The fourth-order valence-corrected chi connectivity index (χ4v) is 1.56. The lowest BCUT2D eigenvalue weighted by molar-refractivity contribution is 0.0319. The average molecular weight is 279 g/mol. The molecule has 0 saturated heterocycles. The first kappa shape index (κ1) is 12.6. The Kier molecular flexibility index (Phi) is 4.66. The first-order valence-corrected chi connectivity index (χ1v) is 5.53. The molecule has 0 amide bonds. The van der Waals surface area contributed by atoms with E-state index in [4.69, 9.17) is 5.11 Å². The molecule has 1 rings (SSSR count). The molecule has 3 nitrogen and oxygen atoms in total. The van der Waals surface area contributed by atoms with Crippen LogP contribution in [0.4, 0.5) is 4.39 Å². The highest BCUT2D eigenvalue weighted by atomic mass is 79.9. The van der Waals surface area contributed by atoms with Gasteiger partial charge in [-0.1, -0.05) is 22.0 Å². The van der Waals surface area contributed by atoms with Crippen molar-refractivity contribution in [1.82, 2.24) is 0 Å². The largest absolute Gasteiger partial charge is 0.392 e. The molecule has 5 heteroatoms. The summed E-state index contributed by atoms with van der Waals surface area (Å²) in [4.78, 5) is 0. The lowest BCUT2D eigenvalue weighted by Crippen LogP contribution is -2.20. The van der Waals surface area contributed by atoms with E-state index in [0.717, 1.165) is 6.07 Å². The minimum absolute atomic E-state index is 0.00602. The van der Waals surface area contributed by atoms with Gasteiger partial charge >= 0.3 is 0 Å². The zero-order valence-electron chi connectivity index (χ0n) is 7.90. The van der Waals surface area contributed by atoms with E-state index in [0.29, 0.717) is 5.56 Å². The Morgan fingerprint density at radius 3 is 2.53 bits per heavy atom.